The summed E-state index contributed by atoms with van der Waals surface area (Å²) in [6.45, 7) is 3.65. The minimum Gasteiger partial charge on any atom is -0.483 e. The number of hydrogen-bond acceptors (Lipinski definition) is 5. The number of rotatable bonds is 4. The topological polar surface area (TPSA) is 92.4 Å². The molecule has 0 unspecified atom stereocenters. The number of pyridine rings is 1. The van der Waals surface area contributed by atoms with Gasteiger partial charge in [-0.3, -0.25) is 30.7 Å². The van der Waals surface area contributed by atoms with E-state index in [2.05, 4.69) is 21.2 Å². The molecule has 130 valence electrons. The molecule has 0 radical (unpaired) electrons. The van der Waals surface area contributed by atoms with Gasteiger partial charge in [0.05, 0.1) is 0 Å². The van der Waals surface area contributed by atoms with Gasteiger partial charge in [-0.05, 0) is 55.4 Å². The van der Waals surface area contributed by atoms with E-state index in [4.69, 9.17) is 17.0 Å². The van der Waals surface area contributed by atoms with Gasteiger partial charge >= 0.3 is 0 Å². The minimum absolute atomic E-state index is 0.0306. The first kappa shape index (κ1) is 18.3. The Kier molecular flexibility index (Phi) is 6.41. The molecule has 0 aliphatic rings. The molecule has 0 atom stereocenters. The summed E-state index contributed by atoms with van der Waals surface area (Å²) in [5.41, 5.74) is 7.22. The van der Waals surface area contributed by atoms with Gasteiger partial charge in [0, 0.05) is 18.0 Å². The highest BCUT2D eigenvalue weighted by atomic mass is 32.1. The third-order valence-electron chi connectivity index (χ3n) is 3.19. The summed E-state index contributed by atoms with van der Waals surface area (Å²) >= 11 is 4.95. The third kappa shape index (κ3) is 5.85. The quantitative estimate of drug-likeness (QED) is 0.565. The van der Waals surface area contributed by atoms with Gasteiger partial charge < -0.3 is 4.74 Å². The smallest absolute Gasteiger partial charge is 0.269 e. The molecule has 25 heavy (non-hydrogen) atoms. The summed E-state index contributed by atoms with van der Waals surface area (Å²) in [4.78, 5) is 27.5. The first-order valence-electron chi connectivity index (χ1n) is 7.46. The van der Waals surface area contributed by atoms with Crippen molar-refractivity contribution in [1.29, 1.82) is 0 Å². The van der Waals surface area contributed by atoms with Crippen molar-refractivity contribution in [2.75, 3.05) is 6.61 Å². The van der Waals surface area contributed by atoms with Crippen LogP contribution in [-0.4, -0.2) is 28.5 Å². The largest absolute Gasteiger partial charge is 0.483 e. The van der Waals surface area contributed by atoms with E-state index in [-0.39, 0.29) is 11.7 Å². The lowest BCUT2D eigenvalue weighted by molar-refractivity contribution is -0.121. The number of aryl methyl sites for hydroxylation is 2. The van der Waals surface area contributed by atoms with E-state index >= 15 is 0 Å². The number of benzene rings is 1. The van der Waals surface area contributed by atoms with E-state index in [1.54, 1.807) is 12.1 Å². The molecule has 0 saturated heterocycles. The molecular weight excluding hydrogens is 340 g/mol. The molecule has 7 nitrogen and oxygen atoms in total. The number of carbonyl (C=O) groups excluding carboxylic acids is 2. The number of amides is 2. The molecule has 1 aromatic heterocycles. The Morgan fingerprint density at radius 3 is 2.56 bits per heavy atom. The number of hydrogen-bond donors (Lipinski definition) is 3. The van der Waals surface area contributed by atoms with E-state index in [9.17, 15) is 9.59 Å². The number of ether oxygens (including phenoxy) is 1. The predicted octanol–water partition coefficient (Wildman–Crippen LogP) is 1.41. The molecule has 0 saturated carbocycles. The number of carbonyl (C=O) groups is 2. The van der Waals surface area contributed by atoms with Crippen molar-refractivity contribution >= 4 is 29.1 Å². The summed E-state index contributed by atoms with van der Waals surface area (Å²) in [5.74, 6) is -0.192. The van der Waals surface area contributed by atoms with Crippen LogP contribution < -0.4 is 20.9 Å². The van der Waals surface area contributed by atoms with Gasteiger partial charge in [0.15, 0.2) is 11.7 Å². The van der Waals surface area contributed by atoms with Gasteiger partial charge in [-0.2, -0.15) is 0 Å². The third-order valence-corrected chi connectivity index (χ3v) is 3.39. The fraction of sp³-hybridized carbons (Fsp3) is 0.176. The number of nitrogens with one attached hydrogen (secondary N) is 3. The zero-order valence-electron chi connectivity index (χ0n) is 13.8. The molecule has 8 heteroatoms. The van der Waals surface area contributed by atoms with Crippen molar-refractivity contribution in [2.45, 2.75) is 13.8 Å². The van der Waals surface area contributed by atoms with Crippen molar-refractivity contribution in [2.24, 2.45) is 0 Å². The van der Waals surface area contributed by atoms with Gasteiger partial charge in [0.2, 0.25) is 0 Å². The fourth-order valence-electron chi connectivity index (χ4n) is 1.89. The first-order valence-corrected chi connectivity index (χ1v) is 7.87. The zero-order valence-corrected chi connectivity index (χ0v) is 14.6. The molecule has 0 fully saturated rings. The SMILES string of the molecule is Cc1ccc(C)c(OCC(=O)NC(=S)NNC(=O)c2ccncc2)c1. The molecular formula is C17H18N4O3S. The standard InChI is InChI=1S/C17H18N4O3S/c1-11-3-4-12(2)14(9-11)24-10-15(22)19-17(25)21-20-16(23)13-5-7-18-8-6-13/h3-9H,10H2,1-2H3,(H,20,23)(H2,19,21,22,25). The second-order valence-corrected chi connectivity index (χ2v) is 5.66. The number of thiocarbonyl (C=S) groups is 1. The van der Waals surface area contributed by atoms with Crippen molar-refractivity contribution in [3.63, 3.8) is 0 Å². The van der Waals surface area contributed by atoms with E-state index in [1.807, 2.05) is 32.0 Å². The Balaban J connectivity index is 1.75. The van der Waals surface area contributed by atoms with Crippen LogP contribution in [0.15, 0.2) is 42.7 Å². The highest BCUT2D eigenvalue weighted by molar-refractivity contribution is 7.80. The monoisotopic (exact) mass is 358 g/mol. The highest BCUT2D eigenvalue weighted by Crippen LogP contribution is 2.18. The number of aromatic nitrogens is 1. The molecule has 2 rings (SSSR count). The van der Waals surface area contributed by atoms with Crippen LogP contribution in [0.3, 0.4) is 0 Å². The van der Waals surface area contributed by atoms with Crippen LogP contribution in [0.1, 0.15) is 21.5 Å². The molecule has 0 bridgehead atoms. The molecule has 1 heterocycles. The van der Waals surface area contributed by atoms with Crippen LogP contribution in [0.4, 0.5) is 0 Å². The summed E-state index contributed by atoms with van der Waals surface area (Å²) in [6, 6.07) is 8.84. The van der Waals surface area contributed by atoms with Crippen LogP contribution in [0.5, 0.6) is 5.75 Å². The lowest BCUT2D eigenvalue weighted by atomic mass is 10.1. The maximum Gasteiger partial charge on any atom is 0.269 e. The van der Waals surface area contributed by atoms with Gasteiger partial charge in [-0.15, -0.1) is 0 Å². The molecule has 0 aliphatic carbocycles. The molecule has 3 N–H and O–H groups in total. The summed E-state index contributed by atoms with van der Waals surface area (Å²) in [7, 11) is 0. The van der Waals surface area contributed by atoms with Gasteiger partial charge in [-0.1, -0.05) is 12.1 Å². The van der Waals surface area contributed by atoms with Crippen LogP contribution >= 0.6 is 12.2 Å². The number of hydrazine groups is 1. The zero-order chi connectivity index (χ0) is 18.2. The summed E-state index contributed by atoms with van der Waals surface area (Å²) < 4.78 is 5.48. The normalized spacial score (nSPS) is 9.84. The van der Waals surface area contributed by atoms with Gasteiger partial charge in [0.25, 0.3) is 11.8 Å². The van der Waals surface area contributed by atoms with Crippen molar-refractivity contribution in [3.8, 4) is 5.75 Å². The number of nitrogens with zero attached hydrogens (tertiary/aromatic N) is 1. The average molecular weight is 358 g/mol. The maximum atomic E-state index is 11.9. The second kappa shape index (κ2) is 8.74. The van der Waals surface area contributed by atoms with Crippen LogP contribution in [0.25, 0.3) is 0 Å². The molecule has 2 amide bonds. The Morgan fingerprint density at radius 1 is 1.12 bits per heavy atom. The van der Waals surface area contributed by atoms with Crippen molar-refractivity contribution in [1.82, 2.24) is 21.2 Å². The summed E-state index contributed by atoms with van der Waals surface area (Å²) in [6.07, 6.45) is 3.00. The highest BCUT2D eigenvalue weighted by Gasteiger charge is 2.09. The van der Waals surface area contributed by atoms with Crippen LogP contribution in [0.2, 0.25) is 0 Å². The fourth-order valence-corrected chi connectivity index (χ4v) is 2.05. The van der Waals surface area contributed by atoms with E-state index < -0.39 is 11.8 Å². The van der Waals surface area contributed by atoms with E-state index in [0.717, 1.165) is 11.1 Å². The van der Waals surface area contributed by atoms with Crippen molar-refractivity contribution < 1.29 is 14.3 Å². The van der Waals surface area contributed by atoms with Gasteiger partial charge in [-0.25, -0.2) is 0 Å². The predicted molar refractivity (Wildman–Crippen MR) is 97.0 cm³/mol. The van der Waals surface area contributed by atoms with E-state index in [0.29, 0.717) is 11.3 Å². The first-order chi connectivity index (χ1) is 12.0. The van der Waals surface area contributed by atoms with E-state index in [1.165, 1.54) is 12.4 Å². The lowest BCUT2D eigenvalue weighted by Gasteiger charge is -2.12. The molecule has 1 aromatic carbocycles. The minimum atomic E-state index is -0.434. The van der Waals surface area contributed by atoms with Crippen LogP contribution in [0, 0.1) is 13.8 Å². The van der Waals surface area contributed by atoms with Gasteiger partial charge in [0.1, 0.15) is 5.75 Å². The molecule has 0 spiro atoms. The Bertz CT molecular complexity index is 781. The maximum absolute atomic E-state index is 11.9. The average Bonchev–Trinajstić information content (AvgIpc) is 2.61. The Labute approximate surface area is 150 Å². The molecule has 2 aromatic rings. The second-order valence-electron chi connectivity index (χ2n) is 5.25. The Morgan fingerprint density at radius 2 is 1.84 bits per heavy atom. The van der Waals surface area contributed by atoms with Crippen molar-refractivity contribution in [3.05, 3.63) is 59.4 Å². The molecule has 0 aliphatic heterocycles. The van der Waals surface area contributed by atoms with Crippen LogP contribution in [-0.2, 0) is 4.79 Å². The summed E-state index contributed by atoms with van der Waals surface area (Å²) in [5, 5.41) is 2.39. The lowest BCUT2D eigenvalue weighted by Crippen LogP contribution is -2.49. The Hall–Kier alpha value is -3.00.